The third-order valence-corrected chi connectivity index (χ3v) is 9.86. The fourth-order valence-electron chi connectivity index (χ4n) is 5.53. The van der Waals surface area contributed by atoms with Crippen LogP contribution in [0.2, 0.25) is 0 Å². The monoisotopic (exact) mass is 783 g/mol. The highest BCUT2D eigenvalue weighted by molar-refractivity contribution is 7.47. The quantitative estimate of drug-likeness (QED) is 0.0217. The molecule has 0 aromatic heterocycles. The number of hydrogen-bond acceptors (Lipinski definition) is 7. The molecule has 0 saturated carbocycles. The molecule has 0 fully saturated rings. The average molecular weight is 783 g/mol. The van der Waals surface area contributed by atoms with Crippen molar-refractivity contribution in [1.29, 1.82) is 0 Å². The Kier molecular flexibility index (Phi) is 35.2. The van der Waals surface area contributed by atoms with Gasteiger partial charge in [0.2, 0.25) is 0 Å². The zero-order chi connectivity index (χ0) is 40.0. The Morgan fingerprint density at radius 3 is 1.57 bits per heavy atom. The van der Waals surface area contributed by atoms with Gasteiger partial charge in [-0.3, -0.25) is 18.6 Å². The molecule has 0 bridgehead atoms. The van der Waals surface area contributed by atoms with Crippen molar-refractivity contribution < 1.29 is 42.1 Å². The fraction of sp³-hybridized carbons (Fsp3) is 0.773. The summed E-state index contributed by atoms with van der Waals surface area (Å²) in [5.74, 6) is -0.816. The minimum atomic E-state index is -4.36. The van der Waals surface area contributed by atoms with Gasteiger partial charge in [0.25, 0.3) is 0 Å². The number of esters is 2. The number of allylic oxidation sites excluding steroid dienone is 8. The second-order valence-electron chi connectivity index (χ2n) is 15.4. The minimum Gasteiger partial charge on any atom is -0.462 e. The summed E-state index contributed by atoms with van der Waals surface area (Å²) in [6.45, 7) is 4.20. The van der Waals surface area contributed by atoms with Crippen molar-refractivity contribution in [1.82, 2.24) is 0 Å². The van der Waals surface area contributed by atoms with Crippen LogP contribution in [-0.4, -0.2) is 74.9 Å². The summed E-state index contributed by atoms with van der Waals surface area (Å²) in [6, 6.07) is 0. The summed E-state index contributed by atoms with van der Waals surface area (Å²) >= 11 is 0. The number of ether oxygens (including phenoxy) is 2. The number of carbonyl (C=O) groups excluding carboxylic acids is 2. The van der Waals surface area contributed by atoms with E-state index in [4.69, 9.17) is 18.5 Å². The third-order valence-electron chi connectivity index (χ3n) is 8.87. The normalized spacial score (nSPS) is 14.1. The van der Waals surface area contributed by atoms with Gasteiger partial charge in [-0.25, -0.2) is 4.57 Å². The molecule has 0 spiro atoms. The number of unbranched alkanes of at least 4 members (excludes halogenated alkanes) is 16. The Labute approximate surface area is 331 Å². The summed E-state index contributed by atoms with van der Waals surface area (Å²) in [5.41, 5.74) is 0. The molecule has 2 unspecified atom stereocenters. The molecule has 0 amide bonds. The number of phosphoric ester groups is 1. The molecule has 0 aromatic carbocycles. The first-order valence-electron chi connectivity index (χ1n) is 21.4. The molecule has 0 rings (SSSR count). The first-order chi connectivity index (χ1) is 26.0. The Morgan fingerprint density at radius 2 is 1.06 bits per heavy atom. The van der Waals surface area contributed by atoms with Gasteiger partial charge >= 0.3 is 19.8 Å². The number of quaternary nitrogens is 1. The van der Waals surface area contributed by atoms with Crippen molar-refractivity contribution in [3.05, 3.63) is 48.6 Å². The van der Waals surface area contributed by atoms with Crippen LogP contribution >= 0.6 is 7.82 Å². The lowest BCUT2D eigenvalue weighted by Crippen LogP contribution is -2.37. The van der Waals surface area contributed by atoms with E-state index in [0.29, 0.717) is 17.4 Å². The molecule has 314 valence electrons. The number of nitrogens with zero attached hydrogens (tertiary/aromatic N) is 1. The Bertz CT molecular complexity index is 1070. The first-order valence-corrected chi connectivity index (χ1v) is 22.9. The molecule has 2 atom stereocenters. The van der Waals surface area contributed by atoms with Crippen LogP contribution in [0.3, 0.4) is 0 Å². The van der Waals surface area contributed by atoms with Crippen molar-refractivity contribution >= 4 is 19.8 Å². The lowest BCUT2D eigenvalue weighted by Gasteiger charge is -2.24. The molecule has 0 aliphatic rings. The standard InChI is InChI=1S/C44H80NO8P/c1-6-8-10-12-13-14-15-16-17-18-19-20-21-22-23-24-25-26-27-28-29-30-31-33-35-37-44(47)53-42(40-50-43(46)36-34-32-11-9-7-2)41-52-54(48,49)51-39-38-45(3,4)5/h8,10,13-14,16-17,19-20,42H,6-7,9,11-12,15,18,21-41H2,1-5H3/p+1/b10-8-,14-13-,17-16-,20-19-. The summed E-state index contributed by atoms with van der Waals surface area (Å²) < 4.78 is 34.0. The molecular weight excluding hydrogens is 701 g/mol. The van der Waals surface area contributed by atoms with Crippen LogP contribution in [0.25, 0.3) is 0 Å². The summed E-state index contributed by atoms with van der Waals surface area (Å²) in [6.07, 6.45) is 42.1. The van der Waals surface area contributed by atoms with Gasteiger partial charge in [-0.15, -0.1) is 0 Å². The van der Waals surface area contributed by atoms with Gasteiger partial charge in [0.15, 0.2) is 6.10 Å². The van der Waals surface area contributed by atoms with E-state index in [1.54, 1.807) is 0 Å². The average Bonchev–Trinajstić information content (AvgIpc) is 3.12. The first kappa shape index (κ1) is 52.0. The van der Waals surface area contributed by atoms with Crippen LogP contribution in [0.1, 0.15) is 168 Å². The largest absolute Gasteiger partial charge is 0.472 e. The second-order valence-corrected chi connectivity index (χ2v) is 16.8. The zero-order valence-electron chi connectivity index (χ0n) is 35.2. The van der Waals surface area contributed by atoms with Gasteiger partial charge < -0.3 is 18.9 Å². The lowest BCUT2D eigenvalue weighted by molar-refractivity contribution is -0.870. The van der Waals surface area contributed by atoms with Crippen LogP contribution in [0.15, 0.2) is 48.6 Å². The van der Waals surface area contributed by atoms with Crippen molar-refractivity contribution in [2.75, 3.05) is 47.5 Å². The van der Waals surface area contributed by atoms with E-state index < -0.39 is 26.5 Å². The smallest absolute Gasteiger partial charge is 0.462 e. The number of rotatable bonds is 38. The van der Waals surface area contributed by atoms with Crippen LogP contribution in [0.4, 0.5) is 0 Å². The maximum atomic E-state index is 12.6. The molecule has 0 aromatic rings. The van der Waals surface area contributed by atoms with E-state index in [0.717, 1.165) is 77.0 Å². The van der Waals surface area contributed by atoms with Crippen LogP contribution in [-0.2, 0) is 32.7 Å². The van der Waals surface area contributed by atoms with E-state index in [9.17, 15) is 19.0 Å². The minimum absolute atomic E-state index is 0.0307. The van der Waals surface area contributed by atoms with Crippen molar-refractivity contribution in [2.24, 2.45) is 0 Å². The predicted molar refractivity (Wildman–Crippen MR) is 224 cm³/mol. The molecule has 0 heterocycles. The maximum absolute atomic E-state index is 12.6. The maximum Gasteiger partial charge on any atom is 0.472 e. The Balaban J connectivity index is 4.08. The molecule has 9 nitrogen and oxygen atoms in total. The molecule has 0 radical (unpaired) electrons. The van der Waals surface area contributed by atoms with Crippen molar-refractivity contribution in [3.8, 4) is 0 Å². The lowest BCUT2D eigenvalue weighted by atomic mass is 10.0. The number of hydrogen-bond donors (Lipinski definition) is 1. The summed E-state index contributed by atoms with van der Waals surface area (Å²) in [4.78, 5) is 35.0. The van der Waals surface area contributed by atoms with Gasteiger partial charge in [-0.05, 0) is 51.4 Å². The van der Waals surface area contributed by atoms with Crippen LogP contribution in [0.5, 0.6) is 0 Å². The van der Waals surface area contributed by atoms with Gasteiger partial charge in [0.1, 0.15) is 19.8 Å². The highest BCUT2D eigenvalue weighted by Gasteiger charge is 2.27. The van der Waals surface area contributed by atoms with Crippen LogP contribution in [0, 0.1) is 0 Å². The Morgan fingerprint density at radius 1 is 0.593 bits per heavy atom. The zero-order valence-corrected chi connectivity index (χ0v) is 36.1. The van der Waals surface area contributed by atoms with Gasteiger partial charge in [0, 0.05) is 12.8 Å². The predicted octanol–water partition coefficient (Wildman–Crippen LogP) is 11.9. The molecule has 0 aliphatic heterocycles. The number of carbonyl (C=O) groups is 2. The number of likely N-dealkylation sites (N-methyl/N-ethyl adjacent to an activating group) is 1. The van der Waals surface area contributed by atoms with Gasteiger partial charge in [-0.2, -0.15) is 0 Å². The highest BCUT2D eigenvalue weighted by Crippen LogP contribution is 2.43. The van der Waals surface area contributed by atoms with Crippen LogP contribution < -0.4 is 0 Å². The molecule has 0 saturated heterocycles. The Hall–Kier alpha value is -2.03. The van der Waals surface area contributed by atoms with Gasteiger partial charge in [0.05, 0.1) is 27.7 Å². The highest BCUT2D eigenvalue weighted by atomic mass is 31.2. The molecule has 54 heavy (non-hydrogen) atoms. The van der Waals surface area contributed by atoms with E-state index in [1.807, 2.05) is 21.1 Å². The summed E-state index contributed by atoms with van der Waals surface area (Å²) in [7, 11) is 1.47. The van der Waals surface area contributed by atoms with E-state index in [2.05, 4.69) is 62.5 Å². The molecule has 0 aliphatic carbocycles. The summed E-state index contributed by atoms with van der Waals surface area (Å²) in [5, 5.41) is 0. The SMILES string of the molecule is CC/C=C\C/C=C\C/C=C\C/C=C\CCCCCCCCCCCCCCC(=O)OC(COC(=O)CCCCCCC)COP(=O)(O)OCC[N+](C)(C)C. The second kappa shape index (κ2) is 36.6. The molecular formula is C44H81NO8P+. The van der Waals surface area contributed by atoms with Crippen molar-refractivity contribution in [2.45, 2.75) is 174 Å². The number of phosphoric acid groups is 1. The molecule has 1 N–H and O–H groups in total. The molecule has 10 heteroatoms. The van der Waals surface area contributed by atoms with Crippen molar-refractivity contribution in [3.63, 3.8) is 0 Å². The van der Waals surface area contributed by atoms with E-state index >= 15 is 0 Å². The van der Waals surface area contributed by atoms with E-state index in [-0.39, 0.29) is 32.0 Å². The topological polar surface area (TPSA) is 108 Å². The third kappa shape index (κ3) is 39.7. The van der Waals surface area contributed by atoms with Gasteiger partial charge in [-0.1, -0.05) is 152 Å². The fourth-order valence-corrected chi connectivity index (χ4v) is 6.27. The van der Waals surface area contributed by atoms with E-state index in [1.165, 1.54) is 57.8 Å².